The average Bonchev–Trinajstić information content (AvgIpc) is 2.69. The van der Waals surface area contributed by atoms with Gasteiger partial charge < -0.3 is 19.6 Å². The highest BCUT2D eigenvalue weighted by Gasteiger charge is 2.30. The van der Waals surface area contributed by atoms with Crippen LogP contribution in [0.5, 0.6) is 0 Å². The number of carbonyl (C=O) groups excluding carboxylic acids is 1. The van der Waals surface area contributed by atoms with Crippen molar-refractivity contribution in [1.29, 1.82) is 0 Å². The van der Waals surface area contributed by atoms with Crippen molar-refractivity contribution in [2.24, 2.45) is 0 Å². The van der Waals surface area contributed by atoms with Gasteiger partial charge in [0.15, 0.2) is 5.60 Å². The molecular formula is C10H15NO4. The van der Waals surface area contributed by atoms with Crippen LogP contribution in [0.15, 0.2) is 22.8 Å². The smallest absolute Gasteiger partial charge is 0.338 e. The molecule has 1 rings (SSSR count). The minimum Gasteiger partial charge on any atom is -0.468 e. The van der Waals surface area contributed by atoms with Crippen molar-refractivity contribution in [3.05, 3.63) is 24.2 Å². The van der Waals surface area contributed by atoms with Crippen LogP contribution in [0.4, 0.5) is 0 Å². The normalized spacial score (nSPS) is 14.6. The summed E-state index contributed by atoms with van der Waals surface area (Å²) in [4.78, 5) is 11.1. The van der Waals surface area contributed by atoms with Gasteiger partial charge in [-0.15, -0.1) is 0 Å². The van der Waals surface area contributed by atoms with Crippen LogP contribution in [0.3, 0.4) is 0 Å². The predicted molar refractivity (Wildman–Crippen MR) is 53.1 cm³/mol. The van der Waals surface area contributed by atoms with E-state index < -0.39 is 11.6 Å². The van der Waals surface area contributed by atoms with Gasteiger partial charge in [0.2, 0.25) is 0 Å². The molecule has 1 heterocycles. The summed E-state index contributed by atoms with van der Waals surface area (Å²) < 4.78 is 9.53. The lowest BCUT2D eigenvalue weighted by Crippen LogP contribution is -2.45. The van der Waals surface area contributed by atoms with Crippen molar-refractivity contribution in [3.63, 3.8) is 0 Å². The highest BCUT2D eigenvalue weighted by atomic mass is 16.5. The molecule has 84 valence electrons. The van der Waals surface area contributed by atoms with E-state index in [1.807, 2.05) is 0 Å². The Morgan fingerprint density at radius 1 is 1.73 bits per heavy atom. The Kier molecular flexibility index (Phi) is 3.88. The van der Waals surface area contributed by atoms with Gasteiger partial charge in [0.05, 0.1) is 19.9 Å². The molecule has 0 aliphatic heterocycles. The monoisotopic (exact) mass is 213 g/mol. The number of esters is 1. The lowest BCUT2D eigenvalue weighted by molar-refractivity contribution is -0.159. The molecule has 1 aromatic heterocycles. The van der Waals surface area contributed by atoms with E-state index >= 15 is 0 Å². The van der Waals surface area contributed by atoms with Gasteiger partial charge in [-0.25, -0.2) is 4.79 Å². The zero-order valence-electron chi connectivity index (χ0n) is 8.82. The fourth-order valence-corrected chi connectivity index (χ4v) is 1.13. The number of methoxy groups -OCH3 is 1. The molecule has 0 spiro atoms. The Morgan fingerprint density at radius 2 is 2.47 bits per heavy atom. The van der Waals surface area contributed by atoms with E-state index in [0.29, 0.717) is 6.54 Å². The van der Waals surface area contributed by atoms with Crippen molar-refractivity contribution in [1.82, 2.24) is 5.32 Å². The summed E-state index contributed by atoms with van der Waals surface area (Å²) in [6.07, 6.45) is 1.56. The SMILES string of the molecule is COC(=O)C(C)(O)CNCc1ccco1. The summed E-state index contributed by atoms with van der Waals surface area (Å²) in [6.45, 7) is 1.97. The second-order valence-electron chi connectivity index (χ2n) is 3.45. The van der Waals surface area contributed by atoms with E-state index in [4.69, 9.17) is 4.42 Å². The van der Waals surface area contributed by atoms with Gasteiger partial charge in [0.1, 0.15) is 5.76 Å². The first-order valence-electron chi connectivity index (χ1n) is 4.60. The molecule has 0 amide bonds. The standard InChI is InChI=1S/C10H15NO4/c1-10(13,9(12)14-2)7-11-6-8-4-3-5-15-8/h3-5,11,13H,6-7H2,1-2H3. The molecule has 0 bridgehead atoms. The molecule has 0 saturated heterocycles. The highest BCUT2D eigenvalue weighted by Crippen LogP contribution is 2.05. The summed E-state index contributed by atoms with van der Waals surface area (Å²) in [5, 5.41) is 12.5. The van der Waals surface area contributed by atoms with Gasteiger partial charge in [-0.05, 0) is 19.1 Å². The predicted octanol–water partition coefficient (Wildman–Crippen LogP) is 0.293. The maximum absolute atomic E-state index is 11.1. The maximum Gasteiger partial charge on any atom is 0.338 e. The first kappa shape index (κ1) is 11.7. The van der Waals surface area contributed by atoms with Gasteiger partial charge in [-0.3, -0.25) is 0 Å². The summed E-state index contributed by atoms with van der Waals surface area (Å²) in [5.41, 5.74) is -1.51. The van der Waals surface area contributed by atoms with Crippen LogP contribution in [-0.4, -0.2) is 30.3 Å². The lowest BCUT2D eigenvalue weighted by Gasteiger charge is -2.20. The maximum atomic E-state index is 11.1. The number of ether oxygens (including phenoxy) is 1. The highest BCUT2D eigenvalue weighted by molar-refractivity contribution is 5.78. The third-order valence-corrected chi connectivity index (χ3v) is 1.97. The topological polar surface area (TPSA) is 71.7 Å². The summed E-state index contributed by atoms with van der Waals surface area (Å²) in [6, 6.07) is 3.58. The van der Waals surface area contributed by atoms with Gasteiger partial charge in [0.25, 0.3) is 0 Å². The number of rotatable bonds is 5. The van der Waals surface area contributed by atoms with Crippen LogP contribution >= 0.6 is 0 Å². The summed E-state index contributed by atoms with van der Waals surface area (Å²) in [7, 11) is 1.24. The van der Waals surface area contributed by atoms with Crippen LogP contribution in [0.2, 0.25) is 0 Å². The third-order valence-electron chi connectivity index (χ3n) is 1.97. The largest absolute Gasteiger partial charge is 0.468 e. The van der Waals surface area contributed by atoms with Crippen molar-refractivity contribution in [3.8, 4) is 0 Å². The minimum absolute atomic E-state index is 0.111. The van der Waals surface area contributed by atoms with E-state index in [0.717, 1.165) is 5.76 Å². The van der Waals surface area contributed by atoms with E-state index in [1.54, 1.807) is 18.4 Å². The number of nitrogens with one attached hydrogen (secondary N) is 1. The first-order chi connectivity index (χ1) is 7.06. The Balaban J connectivity index is 2.33. The number of carbonyl (C=O) groups is 1. The van der Waals surface area contributed by atoms with E-state index in [2.05, 4.69) is 10.1 Å². The van der Waals surface area contributed by atoms with Crippen molar-refractivity contribution >= 4 is 5.97 Å². The Labute approximate surface area is 88.0 Å². The molecule has 1 unspecified atom stereocenters. The zero-order chi connectivity index (χ0) is 11.3. The van der Waals surface area contributed by atoms with Crippen LogP contribution in [0, 0.1) is 0 Å². The Hall–Kier alpha value is -1.33. The van der Waals surface area contributed by atoms with E-state index in [9.17, 15) is 9.90 Å². The molecule has 5 nitrogen and oxygen atoms in total. The summed E-state index contributed by atoms with van der Waals surface area (Å²) in [5.74, 6) is 0.0881. The van der Waals surface area contributed by atoms with Crippen LogP contribution in [0.25, 0.3) is 0 Å². The van der Waals surface area contributed by atoms with Gasteiger partial charge in [-0.2, -0.15) is 0 Å². The third kappa shape index (κ3) is 3.38. The first-order valence-corrected chi connectivity index (χ1v) is 4.60. The Bertz CT molecular complexity index is 305. The van der Waals surface area contributed by atoms with Gasteiger partial charge in [-0.1, -0.05) is 0 Å². The molecule has 1 aromatic rings. The number of hydrogen-bond donors (Lipinski definition) is 2. The fraction of sp³-hybridized carbons (Fsp3) is 0.500. The molecule has 0 fully saturated rings. The number of furan rings is 1. The van der Waals surface area contributed by atoms with Gasteiger partial charge >= 0.3 is 5.97 Å². The molecule has 0 saturated carbocycles. The molecule has 0 aliphatic carbocycles. The van der Waals surface area contributed by atoms with Crippen molar-refractivity contribution in [2.45, 2.75) is 19.1 Å². The molecule has 2 N–H and O–H groups in total. The molecule has 15 heavy (non-hydrogen) atoms. The van der Waals surface area contributed by atoms with Crippen LogP contribution in [-0.2, 0) is 16.1 Å². The van der Waals surface area contributed by atoms with Crippen molar-refractivity contribution < 1.29 is 19.1 Å². The summed E-state index contributed by atoms with van der Waals surface area (Å²) >= 11 is 0. The average molecular weight is 213 g/mol. The van der Waals surface area contributed by atoms with Gasteiger partial charge in [0, 0.05) is 6.54 Å². The molecule has 5 heteroatoms. The zero-order valence-corrected chi connectivity index (χ0v) is 8.82. The second-order valence-corrected chi connectivity index (χ2v) is 3.45. The molecule has 0 aliphatic rings. The molecule has 1 atom stereocenters. The van der Waals surface area contributed by atoms with E-state index in [1.165, 1.54) is 14.0 Å². The fourth-order valence-electron chi connectivity index (χ4n) is 1.13. The van der Waals surface area contributed by atoms with Crippen LogP contribution < -0.4 is 5.32 Å². The van der Waals surface area contributed by atoms with Crippen LogP contribution in [0.1, 0.15) is 12.7 Å². The number of aliphatic hydroxyl groups is 1. The van der Waals surface area contributed by atoms with E-state index in [-0.39, 0.29) is 6.54 Å². The minimum atomic E-state index is -1.51. The number of hydrogen-bond acceptors (Lipinski definition) is 5. The molecule has 0 radical (unpaired) electrons. The second kappa shape index (κ2) is 4.95. The lowest BCUT2D eigenvalue weighted by atomic mass is 10.1. The molecule has 0 aromatic carbocycles. The quantitative estimate of drug-likeness (QED) is 0.688. The molecular weight excluding hydrogens is 198 g/mol. The Morgan fingerprint density at radius 3 is 3.00 bits per heavy atom. The van der Waals surface area contributed by atoms with Crippen molar-refractivity contribution in [2.75, 3.05) is 13.7 Å².